The smallest absolute Gasteiger partial charge is 0.341 e. The van der Waals surface area contributed by atoms with Crippen molar-refractivity contribution in [1.29, 1.82) is 0 Å². The predicted molar refractivity (Wildman–Crippen MR) is 69.2 cm³/mol. The Bertz CT molecular complexity index is 610. The Morgan fingerprint density at radius 1 is 1.44 bits per heavy atom. The van der Waals surface area contributed by atoms with Gasteiger partial charge in [0.05, 0.1) is 16.6 Å². The van der Waals surface area contributed by atoms with Crippen molar-refractivity contribution in [2.45, 2.75) is 6.54 Å². The van der Waals surface area contributed by atoms with E-state index in [1.54, 1.807) is 18.2 Å². The van der Waals surface area contributed by atoms with E-state index in [1.165, 1.54) is 10.9 Å². The van der Waals surface area contributed by atoms with Gasteiger partial charge in [0.25, 0.3) is 0 Å². The van der Waals surface area contributed by atoms with Crippen LogP contribution in [-0.4, -0.2) is 20.9 Å². The number of nitrogens with two attached hydrogens (primary N) is 1. The third-order valence-corrected chi connectivity index (χ3v) is 3.24. The molecule has 1 aromatic heterocycles. The molecule has 2 rings (SSSR count). The first-order chi connectivity index (χ1) is 8.49. The van der Waals surface area contributed by atoms with Crippen LogP contribution >= 0.6 is 23.2 Å². The molecule has 18 heavy (non-hydrogen) atoms. The highest BCUT2D eigenvalue weighted by molar-refractivity contribution is 6.42. The summed E-state index contributed by atoms with van der Waals surface area (Å²) >= 11 is 11.9. The standard InChI is InChI=1S/C11H9Cl2N3O2/c12-8-3-1-2-6(9(8)13)4-16-5-7(11(17)18)10(14)15-16/h1-3,5H,4H2,(H2,14,15)(H,17,18). The van der Waals surface area contributed by atoms with Gasteiger partial charge in [-0.3, -0.25) is 4.68 Å². The molecule has 0 aliphatic heterocycles. The highest BCUT2D eigenvalue weighted by Crippen LogP contribution is 2.26. The number of carboxylic acids is 1. The van der Waals surface area contributed by atoms with E-state index in [0.717, 1.165) is 5.56 Å². The number of carboxylic acid groups (broad SMARTS) is 1. The summed E-state index contributed by atoms with van der Waals surface area (Å²) in [5.74, 6) is -1.14. The molecule has 94 valence electrons. The Balaban J connectivity index is 2.32. The van der Waals surface area contributed by atoms with Crippen LogP contribution in [0.25, 0.3) is 0 Å². The summed E-state index contributed by atoms with van der Waals surface area (Å²) in [6.45, 7) is 0.302. The highest BCUT2D eigenvalue weighted by atomic mass is 35.5. The molecule has 0 aliphatic carbocycles. The highest BCUT2D eigenvalue weighted by Gasteiger charge is 2.13. The summed E-state index contributed by atoms with van der Waals surface area (Å²) < 4.78 is 1.41. The van der Waals surface area contributed by atoms with E-state index in [0.29, 0.717) is 16.6 Å². The lowest BCUT2D eigenvalue weighted by molar-refractivity contribution is 0.0698. The second-order valence-corrected chi connectivity index (χ2v) is 4.43. The molecular formula is C11H9Cl2N3O2. The normalized spacial score (nSPS) is 10.6. The van der Waals surface area contributed by atoms with Gasteiger partial charge in [-0.15, -0.1) is 0 Å². The number of halogens is 2. The molecule has 2 aromatic rings. The third-order valence-electron chi connectivity index (χ3n) is 2.38. The summed E-state index contributed by atoms with van der Waals surface area (Å²) in [6, 6.07) is 5.22. The molecule has 7 heteroatoms. The van der Waals surface area contributed by atoms with Crippen LogP contribution in [0.3, 0.4) is 0 Å². The van der Waals surface area contributed by atoms with Crippen molar-refractivity contribution in [2.75, 3.05) is 5.73 Å². The number of nitrogens with zero attached hydrogens (tertiary/aromatic N) is 2. The van der Waals surface area contributed by atoms with Gasteiger partial charge in [0.2, 0.25) is 0 Å². The fraction of sp³-hybridized carbons (Fsp3) is 0.0909. The molecule has 0 bridgehead atoms. The van der Waals surface area contributed by atoms with Crippen LogP contribution in [0.5, 0.6) is 0 Å². The first-order valence-corrected chi connectivity index (χ1v) is 5.73. The zero-order valence-electron chi connectivity index (χ0n) is 9.10. The molecule has 0 unspecified atom stereocenters. The summed E-state index contributed by atoms with van der Waals surface area (Å²) in [5.41, 5.74) is 6.20. The summed E-state index contributed by atoms with van der Waals surface area (Å²) in [6.07, 6.45) is 1.36. The zero-order chi connectivity index (χ0) is 13.3. The van der Waals surface area contributed by atoms with Crippen molar-refractivity contribution in [3.63, 3.8) is 0 Å². The van der Waals surface area contributed by atoms with Gasteiger partial charge in [-0.2, -0.15) is 5.10 Å². The first kappa shape index (κ1) is 12.7. The van der Waals surface area contributed by atoms with Gasteiger partial charge in [-0.25, -0.2) is 4.79 Å². The molecule has 1 heterocycles. The summed E-state index contributed by atoms with van der Waals surface area (Å²) in [7, 11) is 0. The summed E-state index contributed by atoms with van der Waals surface area (Å²) in [5, 5.41) is 13.6. The molecule has 0 radical (unpaired) electrons. The fourth-order valence-electron chi connectivity index (χ4n) is 1.53. The second kappa shape index (κ2) is 4.88. The largest absolute Gasteiger partial charge is 0.477 e. The third kappa shape index (κ3) is 2.42. The lowest BCUT2D eigenvalue weighted by atomic mass is 10.2. The maximum Gasteiger partial charge on any atom is 0.341 e. The van der Waals surface area contributed by atoms with E-state index in [2.05, 4.69) is 5.10 Å². The van der Waals surface area contributed by atoms with Crippen LogP contribution in [-0.2, 0) is 6.54 Å². The Labute approximate surface area is 113 Å². The van der Waals surface area contributed by atoms with Crippen LogP contribution in [0.2, 0.25) is 10.0 Å². The van der Waals surface area contributed by atoms with E-state index in [4.69, 9.17) is 34.0 Å². The predicted octanol–water partition coefficient (Wildman–Crippen LogP) is 2.52. The summed E-state index contributed by atoms with van der Waals surface area (Å²) in [4.78, 5) is 10.8. The van der Waals surface area contributed by atoms with Crippen molar-refractivity contribution in [2.24, 2.45) is 0 Å². The Morgan fingerprint density at radius 2 is 2.17 bits per heavy atom. The number of nitrogen functional groups attached to an aromatic ring is 1. The monoisotopic (exact) mass is 285 g/mol. The van der Waals surface area contributed by atoms with E-state index in [9.17, 15) is 4.79 Å². The molecule has 0 amide bonds. The van der Waals surface area contributed by atoms with Gasteiger partial charge in [-0.05, 0) is 11.6 Å². The van der Waals surface area contributed by atoms with Gasteiger partial charge >= 0.3 is 5.97 Å². The van der Waals surface area contributed by atoms with E-state index in [1.807, 2.05) is 0 Å². The molecule has 0 atom stereocenters. The van der Waals surface area contributed by atoms with Gasteiger partial charge < -0.3 is 10.8 Å². The number of rotatable bonds is 3. The topological polar surface area (TPSA) is 81.1 Å². The molecule has 1 aromatic carbocycles. The quantitative estimate of drug-likeness (QED) is 0.908. The first-order valence-electron chi connectivity index (χ1n) is 4.98. The van der Waals surface area contributed by atoms with Crippen molar-refractivity contribution in [3.05, 3.63) is 45.6 Å². The van der Waals surface area contributed by atoms with Crippen LogP contribution in [0, 0.1) is 0 Å². The average Bonchev–Trinajstić information content (AvgIpc) is 2.66. The molecule has 0 saturated carbocycles. The molecular weight excluding hydrogens is 277 g/mol. The molecule has 5 nitrogen and oxygen atoms in total. The minimum absolute atomic E-state index is 0.0272. The number of anilines is 1. The molecule has 0 fully saturated rings. The molecule has 0 spiro atoms. The maximum absolute atomic E-state index is 10.8. The minimum atomic E-state index is -1.11. The average molecular weight is 286 g/mol. The molecule has 0 saturated heterocycles. The maximum atomic E-state index is 10.8. The van der Waals surface area contributed by atoms with Crippen molar-refractivity contribution in [3.8, 4) is 0 Å². The fourth-order valence-corrected chi connectivity index (χ4v) is 1.91. The number of aromatic nitrogens is 2. The van der Waals surface area contributed by atoms with Crippen molar-refractivity contribution in [1.82, 2.24) is 9.78 Å². The number of hydrogen-bond donors (Lipinski definition) is 2. The Kier molecular flexibility index (Phi) is 3.45. The lowest BCUT2D eigenvalue weighted by Gasteiger charge is -2.05. The zero-order valence-corrected chi connectivity index (χ0v) is 10.6. The second-order valence-electron chi connectivity index (χ2n) is 3.64. The molecule has 0 aliphatic rings. The van der Waals surface area contributed by atoms with Crippen LogP contribution in [0.1, 0.15) is 15.9 Å². The van der Waals surface area contributed by atoms with E-state index >= 15 is 0 Å². The van der Waals surface area contributed by atoms with Crippen LogP contribution < -0.4 is 5.73 Å². The van der Waals surface area contributed by atoms with Gasteiger partial charge in [-0.1, -0.05) is 35.3 Å². The number of benzene rings is 1. The Hall–Kier alpha value is -1.72. The van der Waals surface area contributed by atoms with Gasteiger partial charge in [0, 0.05) is 6.20 Å². The van der Waals surface area contributed by atoms with Crippen molar-refractivity contribution < 1.29 is 9.90 Å². The Morgan fingerprint density at radius 3 is 2.78 bits per heavy atom. The SMILES string of the molecule is Nc1nn(Cc2cccc(Cl)c2Cl)cc1C(=O)O. The van der Waals surface area contributed by atoms with E-state index in [-0.39, 0.29) is 11.4 Å². The molecule has 3 N–H and O–H groups in total. The number of hydrogen-bond acceptors (Lipinski definition) is 3. The number of carbonyl (C=O) groups is 1. The minimum Gasteiger partial charge on any atom is -0.477 e. The lowest BCUT2D eigenvalue weighted by Crippen LogP contribution is -2.01. The van der Waals surface area contributed by atoms with Crippen LogP contribution in [0.4, 0.5) is 5.82 Å². The van der Waals surface area contributed by atoms with Gasteiger partial charge in [0.15, 0.2) is 5.82 Å². The van der Waals surface area contributed by atoms with Gasteiger partial charge in [0.1, 0.15) is 5.56 Å². The number of aromatic carboxylic acids is 1. The van der Waals surface area contributed by atoms with Crippen molar-refractivity contribution >= 4 is 35.0 Å². The van der Waals surface area contributed by atoms with E-state index < -0.39 is 5.97 Å². The van der Waals surface area contributed by atoms with Crippen LogP contribution in [0.15, 0.2) is 24.4 Å².